The van der Waals surface area contributed by atoms with Crippen LogP contribution in [0.1, 0.15) is 61.8 Å². The fourth-order valence-electron chi connectivity index (χ4n) is 3.19. The summed E-state index contributed by atoms with van der Waals surface area (Å²) in [6.45, 7) is 2.30. The van der Waals surface area contributed by atoms with Crippen LogP contribution >= 0.6 is 0 Å². The lowest BCUT2D eigenvalue weighted by Crippen LogP contribution is -2.15. The third-order valence-electron chi connectivity index (χ3n) is 4.37. The number of rotatable bonds is 4. The second-order valence-electron chi connectivity index (χ2n) is 6.26. The molecule has 21 heavy (non-hydrogen) atoms. The monoisotopic (exact) mass is 285 g/mol. The molecule has 0 amide bonds. The van der Waals surface area contributed by atoms with Crippen LogP contribution in [-0.4, -0.2) is 10.1 Å². The van der Waals surface area contributed by atoms with Gasteiger partial charge >= 0.3 is 0 Å². The average molecular weight is 285 g/mol. The Morgan fingerprint density at radius 1 is 1.29 bits per heavy atom. The molecule has 1 saturated carbocycles. The minimum atomic E-state index is -0.227. The van der Waals surface area contributed by atoms with Crippen LogP contribution in [0.15, 0.2) is 34.9 Å². The first-order chi connectivity index (χ1) is 10.2. The maximum Gasteiger partial charge on any atom is 0.243 e. The molecular weight excluding hydrogens is 262 g/mol. The largest absolute Gasteiger partial charge is 0.338 e. The van der Waals surface area contributed by atoms with E-state index in [1.807, 2.05) is 18.2 Å². The summed E-state index contributed by atoms with van der Waals surface area (Å²) < 4.78 is 5.40. The molecule has 4 nitrogen and oxygen atoms in total. The van der Waals surface area contributed by atoms with E-state index < -0.39 is 0 Å². The second-order valence-corrected chi connectivity index (χ2v) is 6.26. The van der Waals surface area contributed by atoms with Crippen LogP contribution in [0.4, 0.5) is 0 Å². The first-order valence-corrected chi connectivity index (χ1v) is 7.85. The Kier molecular flexibility index (Phi) is 4.34. The SMILES string of the molecule is CC1CCCC(c2noc([C@@H](N)Cc3ccccc3)n2)C1. The van der Waals surface area contributed by atoms with Crippen LogP contribution < -0.4 is 5.73 Å². The third kappa shape index (κ3) is 3.50. The van der Waals surface area contributed by atoms with Crippen LogP contribution in [0.5, 0.6) is 0 Å². The Morgan fingerprint density at radius 3 is 2.86 bits per heavy atom. The summed E-state index contributed by atoms with van der Waals surface area (Å²) in [7, 11) is 0. The van der Waals surface area contributed by atoms with Crippen molar-refractivity contribution in [1.82, 2.24) is 10.1 Å². The zero-order valence-electron chi connectivity index (χ0n) is 12.5. The zero-order chi connectivity index (χ0) is 14.7. The highest BCUT2D eigenvalue weighted by Gasteiger charge is 2.25. The van der Waals surface area contributed by atoms with Crippen molar-refractivity contribution >= 4 is 0 Å². The van der Waals surface area contributed by atoms with Crippen molar-refractivity contribution in [3.05, 3.63) is 47.6 Å². The lowest BCUT2D eigenvalue weighted by molar-refractivity contribution is 0.315. The first kappa shape index (κ1) is 14.3. The lowest BCUT2D eigenvalue weighted by atomic mass is 9.82. The van der Waals surface area contributed by atoms with E-state index in [2.05, 4.69) is 29.2 Å². The minimum absolute atomic E-state index is 0.227. The molecule has 2 aromatic rings. The minimum Gasteiger partial charge on any atom is -0.338 e. The van der Waals surface area contributed by atoms with E-state index in [0.717, 1.165) is 31.0 Å². The Labute approximate surface area is 125 Å². The highest BCUT2D eigenvalue weighted by molar-refractivity contribution is 5.17. The standard InChI is InChI=1S/C17H23N3O/c1-12-6-5-9-14(10-12)16-19-17(21-20-16)15(18)11-13-7-3-2-4-8-13/h2-4,7-8,12,14-15H,5-6,9-11,18H2,1H3/t12?,14?,15-/m0/s1. The summed E-state index contributed by atoms with van der Waals surface area (Å²) in [5, 5.41) is 4.17. The van der Waals surface area contributed by atoms with Gasteiger partial charge in [0.1, 0.15) is 0 Å². The average Bonchev–Trinajstić information content (AvgIpc) is 2.98. The highest BCUT2D eigenvalue weighted by atomic mass is 16.5. The van der Waals surface area contributed by atoms with Crippen molar-refractivity contribution in [2.24, 2.45) is 11.7 Å². The van der Waals surface area contributed by atoms with E-state index in [-0.39, 0.29) is 6.04 Å². The van der Waals surface area contributed by atoms with Gasteiger partial charge in [0.25, 0.3) is 0 Å². The molecule has 1 aromatic heterocycles. The van der Waals surface area contributed by atoms with Crippen molar-refractivity contribution in [2.45, 2.75) is 51.0 Å². The number of benzene rings is 1. The molecule has 4 heteroatoms. The summed E-state index contributed by atoms with van der Waals surface area (Å²) in [4.78, 5) is 4.56. The van der Waals surface area contributed by atoms with Gasteiger partial charge in [-0.15, -0.1) is 0 Å². The molecule has 0 spiro atoms. The summed E-state index contributed by atoms with van der Waals surface area (Å²) in [5.41, 5.74) is 7.39. The molecule has 0 saturated heterocycles. The number of hydrogen-bond acceptors (Lipinski definition) is 4. The van der Waals surface area contributed by atoms with E-state index in [9.17, 15) is 0 Å². The smallest absolute Gasteiger partial charge is 0.243 e. The highest BCUT2D eigenvalue weighted by Crippen LogP contribution is 2.34. The van der Waals surface area contributed by atoms with Crippen molar-refractivity contribution in [3.8, 4) is 0 Å². The van der Waals surface area contributed by atoms with Gasteiger partial charge in [0.2, 0.25) is 5.89 Å². The molecule has 0 radical (unpaired) electrons. The van der Waals surface area contributed by atoms with E-state index in [4.69, 9.17) is 10.3 Å². The molecule has 0 aliphatic heterocycles. The van der Waals surface area contributed by atoms with Crippen LogP contribution in [0.3, 0.4) is 0 Å². The van der Waals surface area contributed by atoms with Gasteiger partial charge in [0.05, 0.1) is 6.04 Å². The zero-order valence-corrected chi connectivity index (χ0v) is 12.5. The predicted molar refractivity (Wildman–Crippen MR) is 81.7 cm³/mol. The topological polar surface area (TPSA) is 64.9 Å². The summed E-state index contributed by atoms with van der Waals surface area (Å²) in [6, 6.07) is 9.95. The first-order valence-electron chi connectivity index (χ1n) is 7.85. The van der Waals surface area contributed by atoms with Crippen LogP contribution in [0.25, 0.3) is 0 Å². The predicted octanol–water partition coefficient (Wildman–Crippen LogP) is 3.61. The Hall–Kier alpha value is -1.68. The summed E-state index contributed by atoms with van der Waals surface area (Å²) in [6.07, 6.45) is 5.62. The Balaban J connectivity index is 1.66. The van der Waals surface area contributed by atoms with Gasteiger partial charge in [-0.3, -0.25) is 0 Å². The van der Waals surface area contributed by atoms with Gasteiger partial charge in [0, 0.05) is 5.92 Å². The fraction of sp³-hybridized carbons (Fsp3) is 0.529. The fourth-order valence-corrected chi connectivity index (χ4v) is 3.19. The molecular formula is C17H23N3O. The quantitative estimate of drug-likeness (QED) is 0.932. The maximum absolute atomic E-state index is 6.20. The molecule has 0 bridgehead atoms. The van der Waals surface area contributed by atoms with Gasteiger partial charge in [0.15, 0.2) is 5.82 Å². The number of nitrogens with zero attached hydrogens (tertiary/aromatic N) is 2. The molecule has 1 aliphatic carbocycles. The lowest BCUT2D eigenvalue weighted by Gasteiger charge is -2.23. The molecule has 1 aromatic carbocycles. The van der Waals surface area contributed by atoms with Crippen LogP contribution in [-0.2, 0) is 6.42 Å². The molecule has 3 atom stereocenters. The molecule has 112 valence electrons. The van der Waals surface area contributed by atoms with E-state index in [0.29, 0.717) is 11.8 Å². The number of hydrogen-bond donors (Lipinski definition) is 1. The number of aromatic nitrogens is 2. The van der Waals surface area contributed by atoms with E-state index >= 15 is 0 Å². The van der Waals surface area contributed by atoms with Gasteiger partial charge in [-0.25, -0.2) is 0 Å². The van der Waals surface area contributed by atoms with Crippen molar-refractivity contribution in [2.75, 3.05) is 0 Å². The van der Waals surface area contributed by atoms with E-state index in [1.54, 1.807) is 0 Å². The molecule has 1 fully saturated rings. The maximum atomic E-state index is 6.20. The van der Waals surface area contributed by atoms with Gasteiger partial charge in [-0.2, -0.15) is 4.98 Å². The van der Waals surface area contributed by atoms with Gasteiger partial charge < -0.3 is 10.3 Å². The molecule has 2 N–H and O–H groups in total. The van der Waals surface area contributed by atoms with E-state index in [1.165, 1.54) is 18.4 Å². The Morgan fingerprint density at radius 2 is 2.10 bits per heavy atom. The van der Waals surface area contributed by atoms with Crippen molar-refractivity contribution in [3.63, 3.8) is 0 Å². The third-order valence-corrected chi connectivity index (χ3v) is 4.37. The molecule has 1 aliphatic rings. The van der Waals surface area contributed by atoms with Crippen molar-refractivity contribution < 1.29 is 4.52 Å². The number of nitrogens with two attached hydrogens (primary N) is 1. The molecule has 1 heterocycles. The second kappa shape index (κ2) is 6.39. The van der Waals surface area contributed by atoms with Crippen LogP contribution in [0, 0.1) is 5.92 Å². The normalized spacial score (nSPS) is 23.9. The summed E-state index contributed by atoms with van der Waals surface area (Å²) >= 11 is 0. The van der Waals surface area contributed by atoms with Gasteiger partial charge in [-0.1, -0.05) is 55.3 Å². The molecule has 3 rings (SSSR count). The molecule has 2 unspecified atom stereocenters. The van der Waals surface area contributed by atoms with Crippen molar-refractivity contribution in [1.29, 1.82) is 0 Å². The van der Waals surface area contributed by atoms with Gasteiger partial charge in [-0.05, 0) is 30.7 Å². The Bertz CT molecular complexity index is 566. The summed E-state index contributed by atoms with van der Waals surface area (Å²) in [5.74, 6) is 2.60. The van der Waals surface area contributed by atoms with Crippen LogP contribution in [0.2, 0.25) is 0 Å².